The Morgan fingerprint density at radius 1 is 1.31 bits per heavy atom. The lowest BCUT2D eigenvalue weighted by Crippen LogP contribution is -2.04. The first-order valence-electron chi connectivity index (χ1n) is 4.67. The summed E-state index contributed by atoms with van der Waals surface area (Å²) in [6, 6.07) is 5.19. The van der Waals surface area contributed by atoms with Crippen LogP contribution in [-0.2, 0) is 6.18 Å². The Bertz CT molecular complexity index is 511. The SMILES string of the molecule is CC(O)c1cc2cccc(C(F)(F)F)c2o1. The molecule has 2 aromatic rings. The summed E-state index contributed by atoms with van der Waals surface area (Å²) in [4.78, 5) is 0. The van der Waals surface area contributed by atoms with Gasteiger partial charge in [0.2, 0.25) is 0 Å². The van der Waals surface area contributed by atoms with Crippen LogP contribution in [0.25, 0.3) is 11.0 Å². The fourth-order valence-electron chi connectivity index (χ4n) is 1.51. The normalized spacial score (nSPS) is 14.3. The largest absolute Gasteiger partial charge is 0.458 e. The van der Waals surface area contributed by atoms with Gasteiger partial charge < -0.3 is 9.52 Å². The van der Waals surface area contributed by atoms with Gasteiger partial charge >= 0.3 is 6.18 Å². The van der Waals surface area contributed by atoms with Crippen molar-refractivity contribution in [1.82, 2.24) is 0 Å². The molecule has 1 atom stereocenters. The molecule has 0 radical (unpaired) electrons. The predicted octanol–water partition coefficient (Wildman–Crippen LogP) is 3.50. The van der Waals surface area contributed by atoms with Crippen molar-refractivity contribution in [1.29, 1.82) is 0 Å². The molecule has 0 saturated carbocycles. The molecule has 86 valence electrons. The Morgan fingerprint density at radius 2 is 2.00 bits per heavy atom. The number of hydrogen-bond acceptors (Lipinski definition) is 2. The quantitative estimate of drug-likeness (QED) is 0.813. The molecule has 1 heterocycles. The van der Waals surface area contributed by atoms with Crippen LogP contribution in [0.3, 0.4) is 0 Å². The number of rotatable bonds is 1. The third kappa shape index (κ3) is 1.78. The van der Waals surface area contributed by atoms with Gasteiger partial charge in [-0.25, -0.2) is 0 Å². The Hall–Kier alpha value is -1.49. The second-order valence-corrected chi connectivity index (χ2v) is 3.55. The molecule has 0 spiro atoms. The molecule has 0 aliphatic rings. The Kier molecular flexibility index (Phi) is 2.42. The van der Waals surface area contributed by atoms with Gasteiger partial charge in [-0.1, -0.05) is 12.1 Å². The second kappa shape index (κ2) is 3.52. The Labute approximate surface area is 89.3 Å². The van der Waals surface area contributed by atoms with Gasteiger partial charge in [0.15, 0.2) is 0 Å². The van der Waals surface area contributed by atoms with Crippen LogP contribution in [-0.4, -0.2) is 5.11 Å². The van der Waals surface area contributed by atoms with Gasteiger partial charge in [-0.3, -0.25) is 0 Å². The number of aliphatic hydroxyl groups is 1. The van der Waals surface area contributed by atoms with E-state index in [9.17, 15) is 18.3 Å². The van der Waals surface area contributed by atoms with Crippen LogP contribution in [0.4, 0.5) is 13.2 Å². The first kappa shape index (κ1) is 11.0. The zero-order chi connectivity index (χ0) is 11.9. The number of halogens is 3. The molecule has 1 unspecified atom stereocenters. The number of aliphatic hydroxyl groups excluding tert-OH is 1. The summed E-state index contributed by atoms with van der Waals surface area (Å²) in [5.41, 5.74) is -1.05. The van der Waals surface area contributed by atoms with Crippen LogP contribution in [0.2, 0.25) is 0 Å². The van der Waals surface area contributed by atoms with Gasteiger partial charge in [0.05, 0.1) is 5.56 Å². The van der Waals surface area contributed by atoms with E-state index >= 15 is 0 Å². The summed E-state index contributed by atoms with van der Waals surface area (Å²) in [7, 11) is 0. The maximum atomic E-state index is 12.6. The maximum Gasteiger partial charge on any atom is 0.420 e. The number of fused-ring (bicyclic) bond motifs is 1. The van der Waals surface area contributed by atoms with Gasteiger partial charge in [0.25, 0.3) is 0 Å². The highest BCUT2D eigenvalue weighted by molar-refractivity contribution is 5.81. The molecule has 1 aromatic carbocycles. The van der Waals surface area contributed by atoms with Crippen molar-refractivity contribution in [3.63, 3.8) is 0 Å². The Balaban J connectivity index is 2.68. The van der Waals surface area contributed by atoms with Crippen molar-refractivity contribution in [3.05, 3.63) is 35.6 Å². The third-order valence-corrected chi connectivity index (χ3v) is 2.28. The number of para-hydroxylation sites is 1. The van der Waals surface area contributed by atoms with Gasteiger partial charge in [-0.05, 0) is 19.1 Å². The van der Waals surface area contributed by atoms with E-state index in [1.165, 1.54) is 25.1 Å². The van der Waals surface area contributed by atoms with Crippen LogP contribution in [0.1, 0.15) is 24.4 Å². The lowest BCUT2D eigenvalue weighted by Gasteiger charge is -2.06. The topological polar surface area (TPSA) is 33.4 Å². The molecular weight excluding hydrogens is 221 g/mol. The summed E-state index contributed by atoms with van der Waals surface area (Å²) in [6.07, 6.45) is -5.37. The first-order chi connectivity index (χ1) is 7.39. The van der Waals surface area contributed by atoms with Crippen LogP contribution >= 0.6 is 0 Å². The minimum absolute atomic E-state index is 0.131. The van der Waals surface area contributed by atoms with E-state index in [2.05, 4.69) is 0 Å². The first-order valence-corrected chi connectivity index (χ1v) is 4.67. The maximum absolute atomic E-state index is 12.6. The molecule has 1 aromatic heterocycles. The second-order valence-electron chi connectivity index (χ2n) is 3.55. The molecular formula is C11H9F3O2. The Morgan fingerprint density at radius 3 is 2.56 bits per heavy atom. The van der Waals surface area contributed by atoms with Crippen molar-refractivity contribution < 1.29 is 22.7 Å². The third-order valence-electron chi connectivity index (χ3n) is 2.28. The molecule has 0 bridgehead atoms. The number of furan rings is 1. The van der Waals surface area contributed by atoms with E-state index in [1.807, 2.05) is 0 Å². The smallest absolute Gasteiger partial charge is 0.420 e. The van der Waals surface area contributed by atoms with Crippen LogP contribution < -0.4 is 0 Å². The van der Waals surface area contributed by atoms with Gasteiger partial charge in [-0.15, -0.1) is 0 Å². The van der Waals surface area contributed by atoms with E-state index < -0.39 is 17.8 Å². The predicted molar refractivity (Wildman–Crippen MR) is 51.8 cm³/mol. The summed E-state index contributed by atoms with van der Waals surface area (Å²) in [5.74, 6) is 0.131. The molecule has 16 heavy (non-hydrogen) atoms. The van der Waals surface area contributed by atoms with E-state index in [-0.39, 0.29) is 11.3 Å². The molecule has 0 amide bonds. The van der Waals surface area contributed by atoms with E-state index in [0.29, 0.717) is 5.39 Å². The van der Waals surface area contributed by atoms with Crippen molar-refractivity contribution in [2.75, 3.05) is 0 Å². The fraction of sp³-hybridized carbons (Fsp3) is 0.273. The zero-order valence-electron chi connectivity index (χ0n) is 8.38. The highest BCUT2D eigenvalue weighted by Gasteiger charge is 2.34. The molecule has 0 aliphatic carbocycles. The van der Waals surface area contributed by atoms with E-state index in [1.54, 1.807) is 0 Å². The molecule has 0 saturated heterocycles. The molecule has 1 N–H and O–H groups in total. The summed E-state index contributed by atoms with van der Waals surface area (Å²) < 4.78 is 42.8. The standard InChI is InChI=1S/C11H9F3O2/c1-6(15)9-5-7-3-2-4-8(10(7)16-9)11(12,13)14/h2-6,15H,1H3. The molecule has 5 heteroatoms. The van der Waals surface area contributed by atoms with E-state index in [4.69, 9.17) is 4.42 Å². The minimum Gasteiger partial charge on any atom is -0.458 e. The average Bonchev–Trinajstić information content (AvgIpc) is 2.58. The number of alkyl halides is 3. The summed E-state index contributed by atoms with van der Waals surface area (Å²) in [5, 5.41) is 9.58. The van der Waals surface area contributed by atoms with Crippen molar-refractivity contribution >= 4 is 11.0 Å². The number of benzene rings is 1. The number of hydrogen-bond donors (Lipinski definition) is 1. The van der Waals surface area contributed by atoms with Crippen molar-refractivity contribution in [2.45, 2.75) is 19.2 Å². The highest BCUT2D eigenvalue weighted by atomic mass is 19.4. The molecule has 0 aliphatic heterocycles. The summed E-state index contributed by atoms with van der Waals surface area (Å²) >= 11 is 0. The summed E-state index contributed by atoms with van der Waals surface area (Å²) in [6.45, 7) is 1.44. The average molecular weight is 230 g/mol. The highest BCUT2D eigenvalue weighted by Crippen LogP contribution is 2.36. The van der Waals surface area contributed by atoms with Gasteiger partial charge in [0.1, 0.15) is 17.4 Å². The van der Waals surface area contributed by atoms with Crippen molar-refractivity contribution in [3.8, 4) is 0 Å². The monoisotopic (exact) mass is 230 g/mol. The molecule has 2 rings (SSSR count). The van der Waals surface area contributed by atoms with Crippen LogP contribution in [0, 0.1) is 0 Å². The molecule has 0 fully saturated rings. The van der Waals surface area contributed by atoms with E-state index in [0.717, 1.165) is 6.07 Å². The lowest BCUT2D eigenvalue weighted by atomic mass is 10.1. The van der Waals surface area contributed by atoms with Gasteiger partial charge in [-0.2, -0.15) is 13.2 Å². The van der Waals surface area contributed by atoms with Crippen molar-refractivity contribution in [2.24, 2.45) is 0 Å². The lowest BCUT2D eigenvalue weighted by molar-refractivity contribution is -0.136. The minimum atomic E-state index is -4.45. The fourth-order valence-corrected chi connectivity index (χ4v) is 1.51. The van der Waals surface area contributed by atoms with Gasteiger partial charge in [0, 0.05) is 5.39 Å². The zero-order valence-corrected chi connectivity index (χ0v) is 8.38. The molecule has 2 nitrogen and oxygen atoms in total. The van der Waals surface area contributed by atoms with Crippen LogP contribution in [0.15, 0.2) is 28.7 Å². The van der Waals surface area contributed by atoms with Crippen LogP contribution in [0.5, 0.6) is 0 Å².